The van der Waals surface area contributed by atoms with Gasteiger partial charge in [-0.25, -0.2) is 0 Å². The SMILES string of the molecule is CN(CC(=O)c1ccc(Br)s1)CC(F)(F)F. The largest absolute Gasteiger partial charge is 0.401 e. The van der Waals surface area contributed by atoms with Crippen LogP contribution in [0.25, 0.3) is 0 Å². The quantitative estimate of drug-likeness (QED) is 0.795. The highest BCUT2D eigenvalue weighted by molar-refractivity contribution is 9.11. The number of ketones is 1. The molecule has 90 valence electrons. The molecule has 7 heteroatoms. The lowest BCUT2D eigenvalue weighted by atomic mass is 10.3. The maximum Gasteiger partial charge on any atom is 0.401 e. The van der Waals surface area contributed by atoms with Crippen LogP contribution in [0.2, 0.25) is 0 Å². The van der Waals surface area contributed by atoms with Crippen molar-refractivity contribution in [2.45, 2.75) is 6.18 Å². The van der Waals surface area contributed by atoms with Gasteiger partial charge >= 0.3 is 6.18 Å². The van der Waals surface area contributed by atoms with E-state index in [0.29, 0.717) is 4.88 Å². The molecule has 0 N–H and O–H groups in total. The summed E-state index contributed by atoms with van der Waals surface area (Å²) in [5.41, 5.74) is 0. The summed E-state index contributed by atoms with van der Waals surface area (Å²) in [6.45, 7) is -1.31. The second kappa shape index (κ2) is 5.29. The summed E-state index contributed by atoms with van der Waals surface area (Å²) in [5.74, 6) is -0.303. The molecule has 0 radical (unpaired) electrons. The van der Waals surface area contributed by atoms with E-state index in [1.807, 2.05) is 0 Å². The van der Waals surface area contributed by atoms with Gasteiger partial charge in [-0.3, -0.25) is 9.69 Å². The van der Waals surface area contributed by atoms with Crippen molar-refractivity contribution in [1.29, 1.82) is 0 Å². The summed E-state index contributed by atoms with van der Waals surface area (Å²) >= 11 is 4.40. The maximum atomic E-state index is 12.0. The van der Waals surface area contributed by atoms with Crippen LogP contribution in [0.1, 0.15) is 9.67 Å². The van der Waals surface area contributed by atoms with Gasteiger partial charge in [-0.05, 0) is 35.1 Å². The molecular weight excluding hydrogens is 307 g/mol. The Bertz CT molecular complexity index is 377. The molecule has 0 saturated heterocycles. The van der Waals surface area contributed by atoms with E-state index in [2.05, 4.69) is 15.9 Å². The second-order valence-corrected chi connectivity index (χ2v) is 5.78. The zero-order valence-electron chi connectivity index (χ0n) is 8.34. The third-order valence-electron chi connectivity index (χ3n) is 1.71. The average molecular weight is 316 g/mol. The minimum Gasteiger partial charge on any atom is -0.292 e. The van der Waals surface area contributed by atoms with Crippen LogP contribution in [0, 0.1) is 0 Å². The predicted molar refractivity (Wildman–Crippen MR) is 59.9 cm³/mol. The van der Waals surface area contributed by atoms with Gasteiger partial charge in [-0.15, -0.1) is 11.3 Å². The van der Waals surface area contributed by atoms with Gasteiger partial charge in [-0.2, -0.15) is 13.2 Å². The number of halogens is 4. The number of carbonyl (C=O) groups is 1. The van der Waals surface area contributed by atoms with Crippen molar-refractivity contribution in [2.75, 3.05) is 20.1 Å². The van der Waals surface area contributed by atoms with E-state index in [1.54, 1.807) is 12.1 Å². The molecule has 0 aliphatic rings. The van der Waals surface area contributed by atoms with E-state index in [-0.39, 0.29) is 12.3 Å². The first kappa shape index (κ1) is 13.7. The number of hydrogen-bond acceptors (Lipinski definition) is 3. The van der Waals surface area contributed by atoms with Gasteiger partial charge in [0.1, 0.15) is 0 Å². The van der Waals surface area contributed by atoms with Crippen LogP contribution in [0.5, 0.6) is 0 Å². The Morgan fingerprint density at radius 2 is 2.12 bits per heavy atom. The summed E-state index contributed by atoms with van der Waals surface area (Å²) in [4.78, 5) is 12.9. The van der Waals surface area contributed by atoms with Crippen LogP contribution < -0.4 is 0 Å². The molecule has 0 unspecified atom stereocenters. The maximum absolute atomic E-state index is 12.0. The van der Waals surface area contributed by atoms with Crippen LogP contribution >= 0.6 is 27.3 Å². The van der Waals surface area contributed by atoms with Crippen molar-refractivity contribution in [2.24, 2.45) is 0 Å². The molecule has 1 aromatic heterocycles. The highest BCUT2D eigenvalue weighted by atomic mass is 79.9. The van der Waals surface area contributed by atoms with Gasteiger partial charge in [0.2, 0.25) is 0 Å². The van der Waals surface area contributed by atoms with Crippen molar-refractivity contribution >= 4 is 33.0 Å². The molecule has 0 atom stereocenters. The summed E-state index contributed by atoms with van der Waals surface area (Å²) in [7, 11) is 1.27. The van der Waals surface area contributed by atoms with E-state index >= 15 is 0 Å². The number of hydrogen-bond donors (Lipinski definition) is 0. The van der Waals surface area contributed by atoms with Crippen LogP contribution in [-0.2, 0) is 0 Å². The van der Waals surface area contributed by atoms with Gasteiger partial charge in [0.25, 0.3) is 0 Å². The van der Waals surface area contributed by atoms with Crippen molar-refractivity contribution in [3.8, 4) is 0 Å². The third kappa shape index (κ3) is 4.63. The van der Waals surface area contributed by atoms with Crippen LogP contribution in [-0.4, -0.2) is 37.0 Å². The first-order valence-corrected chi connectivity index (χ1v) is 5.93. The number of Topliss-reactive ketones (excluding diaryl/α,β-unsaturated/α-hetero) is 1. The first-order valence-electron chi connectivity index (χ1n) is 4.32. The lowest BCUT2D eigenvalue weighted by Gasteiger charge is -2.16. The minimum atomic E-state index is -4.27. The number of likely N-dealkylation sites (N-methyl/N-ethyl adjacent to an activating group) is 1. The lowest BCUT2D eigenvalue weighted by molar-refractivity contribution is -0.141. The van der Waals surface area contributed by atoms with Gasteiger partial charge in [0.15, 0.2) is 5.78 Å². The highest BCUT2D eigenvalue weighted by Crippen LogP contribution is 2.23. The number of alkyl halides is 3. The van der Waals surface area contributed by atoms with Gasteiger partial charge in [0.05, 0.1) is 21.8 Å². The molecule has 0 aromatic carbocycles. The smallest absolute Gasteiger partial charge is 0.292 e. The van der Waals surface area contributed by atoms with Crippen molar-refractivity contribution < 1.29 is 18.0 Å². The minimum absolute atomic E-state index is 0.230. The standard InChI is InChI=1S/C9H9BrF3NOS/c1-14(5-9(11,12)13)4-6(15)7-2-3-8(10)16-7/h2-3H,4-5H2,1H3. The fraction of sp³-hybridized carbons (Fsp3) is 0.444. The van der Waals surface area contributed by atoms with Gasteiger partial charge in [0, 0.05) is 0 Å². The Hall–Kier alpha value is -0.400. The third-order valence-corrected chi connectivity index (χ3v) is 3.38. The van der Waals surface area contributed by atoms with E-state index in [0.717, 1.165) is 8.69 Å². The topological polar surface area (TPSA) is 20.3 Å². The van der Waals surface area contributed by atoms with E-state index in [4.69, 9.17) is 0 Å². The molecule has 1 rings (SSSR count). The Kier molecular flexibility index (Phi) is 4.52. The number of thiophene rings is 1. The zero-order chi connectivity index (χ0) is 12.3. The Balaban J connectivity index is 2.52. The predicted octanol–water partition coefficient (Wildman–Crippen LogP) is 3.19. The monoisotopic (exact) mass is 315 g/mol. The molecule has 1 heterocycles. The normalized spacial score (nSPS) is 12.1. The molecule has 1 aromatic rings. The molecule has 0 fully saturated rings. The molecule has 0 saturated carbocycles. The summed E-state index contributed by atoms with van der Waals surface area (Å²) < 4.78 is 36.8. The fourth-order valence-corrected chi connectivity index (χ4v) is 2.47. The Morgan fingerprint density at radius 3 is 2.56 bits per heavy atom. The molecule has 16 heavy (non-hydrogen) atoms. The average Bonchev–Trinajstić information content (AvgIpc) is 2.47. The lowest BCUT2D eigenvalue weighted by Crippen LogP contribution is -2.34. The van der Waals surface area contributed by atoms with Crippen LogP contribution in [0.3, 0.4) is 0 Å². The van der Waals surface area contributed by atoms with Crippen LogP contribution in [0.4, 0.5) is 13.2 Å². The highest BCUT2D eigenvalue weighted by Gasteiger charge is 2.29. The van der Waals surface area contributed by atoms with Gasteiger partial charge in [-0.1, -0.05) is 0 Å². The van der Waals surface area contributed by atoms with Gasteiger partial charge < -0.3 is 0 Å². The van der Waals surface area contributed by atoms with Crippen molar-refractivity contribution in [3.05, 3.63) is 20.8 Å². The molecule has 0 bridgehead atoms. The number of rotatable bonds is 4. The second-order valence-electron chi connectivity index (χ2n) is 3.31. The Labute approximate surface area is 103 Å². The van der Waals surface area contributed by atoms with E-state index < -0.39 is 12.7 Å². The molecule has 0 spiro atoms. The first-order chi connectivity index (χ1) is 7.28. The summed E-state index contributed by atoms with van der Waals surface area (Å²) in [6, 6.07) is 3.29. The number of nitrogens with zero attached hydrogens (tertiary/aromatic N) is 1. The van der Waals surface area contributed by atoms with E-state index in [1.165, 1.54) is 18.4 Å². The molecule has 0 amide bonds. The molecular formula is C9H9BrF3NOS. The Morgan fingerprint density at radius 1 is 1.50 bits per heavy atom. The molecule has 0 aliphatic carbocycles. The van der Waals surface area contributed by atoms with Crippen molar-refractivity contribution in [1.82, 2.24) is 4.90 Å². The summed E-state index contributed by atoms with van der Waals surface area (Å²) in [6.07, 6.45) is -4.27. The molecule has 2 nitrogen and oxygen atoms in total. The number of carbonyl (C=O) groups excluding carboxylic acids is 1. The zero-order valence-corrected chi connectivity index (χ0v) is 10.7. The summed E-state index contributed by atoms with van der Waals surface area (Å²) in [5, 5.41) is 0. The van der Waals surface area contributed by atoms with Crippen molar-refractivity contribution in [3.63, 3.8) is 0 Å². The molecule has 0 aliphatic heterocycles. The van der Waals surface area contributed by atoms with E-state index in [9.17, 15) is 18.0 Å². The van der Waals surface area contributed by atoms with Crippen LogP contribution in [0.15, 0.2) is 15.9 Å². The fourth-order valence-electron chi connectivity index (χ4n) is 1.15.